The van der Waals surface area contributed by atoms with Gasteiger partial charge in [-0.25, -0.2) is 0 Å². The molecule has 1 amide bonds. The van der Waals surface area contributed by atoms with Crippen LogP contribution >= 0.6 is 0 Å². The van der Waals surface area contributed by atoms with Crippen molar-refractivity contribution in [2.24, 2.45) is 0 Å². The molecule has 0 bridgehead atoms. The van der Waals surface area contributed by atoms with Crippen molar-refractivity contribution < 1.29 is 4.79 Å². The molecular weight excluding hydrogens is 188 g/mol. The molecule has 2 rings (SSSR count). The number of hydrogen-bond donors (Lipinski definition) is 1. The lowest BCUT2D eigenvalue weighted by Crippen LogP contribution is -2.44. The number of anilines is 2. The Bertz CT molecular complexity index is 401. The second-order valence-electron chi connectivity index (χ2n) is 4.14. The normalized spacial score (nSPS) is 19.4. The molecule has 0 spiro atoms. The monoisotopic (exact) mass is 204 g/mol. The van der Waals surface area contributed by atoms with E-state index in [1.807, 2.05) is 17.9 Å². The highest BCUT2D eigenvalue weighted by Crippen LogP contribution is 2.32. The minimum Gasteiger partial charge on any atom is -0.381 e. The Kier molecular flexibility index (Phi) is 2.39. The molecule has 0 fully saturated rings. The topological polar surface area (TPSA) is 32.3 Å². The van der Waals surface area contributed by atoms with Crippen LogP contribution in [0, 0.1) is 6.92 Å². The van der Waals surface area contributed by atoms with Crippen molar-refractivity contribution in [3.05, 3.63) is 23.8 Å². The van der Waals surface area contributed by atoms with Gasteiger partial charge in [-0.2, -0.15) is 0 Å². The number of fused-ring (bicyclic) bond motifs is 1. The Morgan fingerprint density at radius 2 is 2.27 bits per heavy atom. The lowest BCUT2D eigenvalue weighted by Gasteiger charge is -2.35. The Hall–Kier alpha value is -1.51. The average Bonchev–Trinajstić information content (AvgIpc) is 2.16. The van der Waals surface area contributed by atoms with Gasteiger partial charge < -0.3 is 10.2 Å². The third-order valence-electron chi connectivity index (χ3n) is 2.78. The Morgan fingerprint density at radius 3 is 2.93 bits per heavy atom. The van der Waals surface area contributed by atoms with Gasteiger partial charge in [0.05, 0.1) is 17.4 Å². The van der Waals surface area contributed by atoms with Crippen LogP contribution in [0.5, 0.6) is 0 Å². The number of hydrogen-bond acceptors (Lipinski definition) is 2. The van der Waals surface area contributed by atoms with Gasteiger partial charge in [0.25, 0.3) is 0 Å². The van der Waals surface area contributed by atoms with E-state index in [1.54, 1.807) is 6.92 Å². The number of amides is 1. The van der Waals surface area contributed by atoms with Crippen LogP contribution in [-0.4, -0.2) is 18.5 Å². The van der Waals surface area contributed by atoms with Crippen molar-refractivity contribution in [3.63, 3.8) is 0 Å². The van der Waals surface area contributed by atoms with Crippen molar-refractivity contribution >= 4 is 17.3 Å². The molecule has 15 heavy (non-hydrogen) atoms. The number of nitrogens with zero attached hydrogens (tertiary/aromatic N) is 1. The standard InChI is InChI=1S/C12H16N2O/c1-8-4-5-11-12(6-8)14(10(3)15)9(2)7-13-11/h4-6,9,13H,7H2,1-3H3/t9-/m0/s1. The van der Waals surface area contributed by atoms with Gasteiger partial charge in [0.1, 0.15) is 0 Å². The molecular formula is C12H16N2O. The summed E-state index contributed by atoms with van der Waals surface area (Å²) in [5.41, 5.74) is 3.23. The first-order valence-corrected chi connectivity index (χ1v) is 5.24. The summed E-state index contributed by atoms with van der Waals surface area (Å²) in [6, 6.07) is 6.36. The van der Waals surface area contributed by atoms with Crippen LogP contribution in [0.1, 0.15) is 19.4 Å². The average molecular weight is 204 g/mol. The molecule has 0 unspecified atom stereocenters. The Labute approximate surface area is 90.1 Å². The summed E-state index contributed by atoms with van der Waals surface area (Å²) in [5, 5.41) is 3.33. The van der Waals surface area contributed by atoms with Crippen LogP contribution in [0.4, 0.5) is 11.4 Å². The first kappa shape index (κ1) is 10.0. The smallest absolute Gasteiger partial charge is 0.224 e. The molecule has 1 aromatic carbocycles. The fourth-order valence-corrected chi connectivity index (χ4v) is 2.06. The van der Waals surface area contributed by atoms with Crippen molar-refractivity contribution in [1.29, 1.82) is 0 Å². The number of carbonyl (C=O) groups is 1. The van der Waals surface area contributed by atoms with E-state index in [0.717, 1.165) is 17.9 Å². The predicted octanol–water partition coefficient (Wildman–Crippen LogP) is 2.16. The predicted molar refractivity (Wildman–Crippen MR) is 62.3 cm³/mol. The fourth-order valence-electron chi connectivity index (χ4n) is 2.06. The highest BCUT2D eigenvalue weighted by molar-refractivity contribution is 5.97. The van der Waals surface area contributed by atoms with Crippen LogP contribution in [0.25, 0.3) is 0 Å². The van der Waals surface area contributed by atoms with Gasteiger partial charge in [0.15, 0.2) is 0 Å². The van der Waals surface area contributed by atoms with E-state index >= 15 is 0 Å². The van der Waals surface area contributed by atoms with E-state index in [0.29, 0.717) is 0 Å². The molecule has 1 heterocycles. The second kappa shape index (κ2) is 3.57. The third kappa shape index (κ3) is 1.69. The molecule has 1 aromatic rings. The maximum absolute atomic E-state index is 11.6. The van der Waals surface area contributed by atoms with Gasteiger partial charge in [-0.05, 0) is 31.5 Å². The van der Waals surface area contributed by atoms with Crippen molar-refractivity contribution in [2.75, 3.05) is 16.8 Å². The van der Waals surface area contributed by atoms with Gasteiger partial charge in [0.2, 0.25) is 5.91 Å². The summed E-state index contributed by atoms with van der Waals surface area (Å²) < 4.78 is 0. The molecule has 0 aromatic heterocycles. The summed E-state index contributed by atoms with van der Waals surface area (Å²) in [6.07, 6.45) is 0. The Morgan fingerprint density at radius 1 is 1.53 bits per heavy atom. The minimum absolute atomic E-state index is 0.107. The molecule has 1 aliphatic heterocycles. The third-order valence-corrected chi connectivity index (χ3v) is 2.78. The molecule has 0 saturated carbocycles. The van der Waals surface area contributed by atoms with E-state index in [2.05, 4.69) is 24.4 Å². The SMILES string of the molecule is CC(=O)N1c2cc(C)ccc2NC[C@@H]1C. The maximum Gasteiger partial charge on any atom is 0.224 e. The van der Waals surface area contributed by atoms with Crippen molar-refractivity contribution in [3.8, 4) is 0 Å². The lowest BCUT2D eigenvalue weighted by atomic mass is 10.1. The molecule has 80 valence electrons. The van der Waals surface area contributed by atoms with E-state index in [-0.39, 0.29) is 11.9 Å². The van der Waals surface area contributed by atoms with Gasteiger partial charge in [-0.15, -0.1) is 0 Å². The molecule has 0 saturated heterocycles. The quantitative estimate of drug-likeness (QED) is 0.702. The fraction of sp³-hybridized carbons (Fsp3) is 0.417. The highest BCUT2D eigenvalue weighted by atomic mass is 16.2. The summed E-state index contributed by atoms with van der Waals surface area (Å²) in [7, 11) is 0. The molecule has 3 nitrogen and oxygen atoms in total. The number of rotatable bonds is 0. The molecule has 1 N–H and O–H groups in total. The Balaban J connectivity index is 2.50. The molecule has 1 aliphatic rings. The summed E-state index contributed by atoms with van der Waals surface area (Å²) >= 11 is 0. The number of benzene rings is 1. The number of nitrogens with one attached hydrogen (secondary N) is 1. The first-order valence-electron chi connectivity index (χ1n) is 5.24. The van der Waals surface area contributed by atoms with Gasteiger partial charge in [-0.3, -0.25) is 4.79 Å². The molecule has 0 radical (unpaired) electrons. The largest absolute Gasteiger partial charge is 0.381 e. The van der Waals surface area contributed by atoms with Crippen molar-refractivity contribution in [2.45, 2.75) is 26.8 Å². The van der Waals surface area contributed by atoms with Crippen LogP contribution in [0.3, 0.4) is 0 Å². The van der Waals surface area contributed by atoms with Crippen LogP contribution in [0.15, 0.2) is 18.2 Å². The van der Waals surface area contributed by atoms with Gasteiger partial charge in [-0.1, -0.05) is 6.07 Å². The molecule has 1 atom stereocenters. The summed E-state index contributed by atoms with van der Waals surface area (Å²) in [4.78, 5) is 13.4. The number of carbonyl (C=O) groups excluding carboxylic acids is 1. The van der Waals surface area contributed by atoms with E-state index < -0.39 is 0 Å². The van der Waals surface area contributed by atoms with E-state index in [9.17, 15) is 4.79 Å². The van der Waals surface area contributed by atoms with Crippen LogP contribution in [0.2, 0.25) is 0 Å². The summed E-state index contributed by atoms with van der Waals surface area (Å²) in [6.45, 7) is 6.53. The first-order chi connectivity index (χ1) is 7.09. The zero-order valence-electron chi connectivity index (χ0n) is 9.37. The summed E-state index contributed by atoms with van der Waals surface area (Å²) in [5.74, 6) is 0.107. The maximum atomic E-state index is 11.6. The lowest BCUT2D eigenvalue weighted by molar-refractivity contribution is -0.116. The highest BCUT2D eigenvalue weighted by Gasteiger charge is 2.25. The van der Waals surface area contributed by atoms with E-state index in [4.69, 9.17) is 0 Å². The zero-order chi connectivity index (χ0) is 11.0. The number of aryl methyl sites for hydroxylation is 1. The van der Waals surface area contributed by atoms with Gasteiger partial charge >= 0.3 is 0 Å². The molecule has 0 aliphatic carbocycles. The van der Waals surface area contributed by atoms with E-state index in [1.165, 1.54) is 5.56 Å². The second-order valence-corrected chi connectivity index (χ2v) is 4.14. The minimum atomic E-state index is 0.107. The van der Waals surface area contributed by atoms with Crippen LogP contribution in [-0.2, 0) is 4.79 Å². The van der Waals surface area contributed by atoms with Gasteiger partial charge in [0, 0.05) is 13.5 Å². The molecule has 3 heteroatoms. The van der Waals surface area contributed by atoms with Crippen LogP contribution < -0.4 is 10.2 Å². The van der Waals surface area contributed by atoms with Crippen molar-refractivity contribution in [1.82, 2.24) is 0 Å². The zero-order valence-corrected chi connectivity index (χ0v) is 9.37.